The van der Waals surface area contributed by atoms with Crippen LogP contribution in [0, 0.1) is 34.3 Å². The van der Waals surface area contributed by atoms with Crippen molar-refractivity contribution >= 4 is 85.6 Å². The summed E-state index contributed by atoms with van der Waals surface area (Å²) in [6.07, 6.45) is 0. The number of benzene rings is 1. The Kier molecular flexibility index (Phi) is 10.2. The van der Waals surface area contributed by atoms with Gasteiger partial charge in [0.05, 0.1) is 0 Å². The molecule has 0 bridgehead atoms. The van der Waals surface area contributed by atoms with Crippen molar-refractivity contribution < 1.29 is 45.9 Å². The third-order valence-corrected chi connectivity index (χ3v) is 8.05. The summed E-state index contributed by atoms with van der Waals surface area (Å²) in [7, 11) is 0. The molecule has 0 heterocycles. The van der Waals surface area contributed by atoms with E-state index in [1.165, 1.54) is 0 Å². The van der Waals surface area contributed by atoms with E-state index >= 15 is 0 Å². The second-order valence-electron chi connectivity index (χ2n) is 2.54. The summed E-state index contributed by atoms with van der Waals surface area (Å²) >= 11 is 17.7. The maximum absolute atomic E-state index is 9.00. The molecule has 0 aliphatic carbocycles. The zero-order chi connectivity index (χ0) is 13.7. The fraction of sp³-hybridized carbons (Fsp3) is 0.125. The minimum absolute atomic E-state index is 0.456. The molecule has 1 N–H and O–H groups in total. The number of carbonyl (C=O) groups is 1. The van der Waals surface area contributed by atoms with Crippen molar-refractivity contribution in [2.24, 2.45) is 0 Å². The van der Waals surface area contributed by atoms with Crippen LogP contribution in [0.3, 0.4) is 0 Å². The molecule has 0 unspecified atom stereocenters. The van der Waals surface area contributed by atoms with E-state index in [-0.39, 0.29) is 0 Å². The summed E-state index contributed by atoms with van der Waals surface area (Å²) < 4.78 is 10.1. The zero-order valence-corrected chi connectivity index (χ0v) is 19.8. The van der Waals surface area contributed by atoms with Gasteiger partial charge in [-0.3, -0.25) is 4.79 Å². The average Bonchev–Trinajstić information content (AvgIpc) is 2.24. The Labute approximate surface area is 164 Å². The Morgan fingerprint density at radius 1 is 1.00 bits per heavy atom. The van der Waals surface area contributed by atoms with Crippen LogP contribution in [-0.2, 0) is 4.79 Å². The van der Waals surface area contributed by atoms with Gasteiger partial charge in [-0.25, -0.2) is 0 Å². The van der Waals surface area contributed by atoms with Crippen molar-refractivity contribution in [2.75, 3.05) is 0 Å². The van der Waals surface area contributed by atoms with Crippen molar-refractivity contribution in [1.82, 2.24) is 0 Å². The standard InChI is InChI=1S/C6HBr5O.C2H4O2.La/c7-1-2(8)4(10)6(12)5(11)3(1)9;1-2(3)4;/h12H;1H3,(H,3,4);/q;;+1/p-1. The van der Waals surface area contributed by atoms with Gasteiger partial charge in [0.1, 0.15) is 0 Å². The number of hydrogen-bond donors (Lipinski definition) is 1. The van der Waals surface area contributed by atoms with Crippen molar-refractivity contribution in [2.45, 2.75) is 6.92 Å². The van der Waals surface area contributed by atoms with Gasteiger partial charge in [0.25, 0.3) is 5.97 Å². The van der Waals surface area contributed by atoms with Gasteiger partial charge in [0.15, 0.2) is 0 Å². The minimum atomic E-state index is -0.833. The number of aliphatic carboxylic acids is 1. The summed E-state index contributed by atoms with van der Waals surface area (Å²) in [5.41, 5.74) is 0. The number of carboxylic acid groups (broad SMARTS) is 1. The molecule has 0 radical (unpaired) electrons. The van der Waals surface area contributed by atoms with E-state index in [9.17, 15) is 0 Å². The summed E-state index contributed by atoms with van der Waals surface area (Å²) in [4.78, 5) is 9.00. The zero-order valence-electron chi connectivity index (χ0n) is 8.23. The maximum Gasteiger partial charge on any atom is 0.300 e. The van der Waals surface area contributed by atoms with Crippen LogP contribution in [0.15, 0.2) is 22.4 Å². The predicted octanol–water partition coefficient (Wildman–Crippen LogP) is 5.43. The summed E-state index contributed by atoms with van der Waals surface area (Å²) in [5.74, 6) is -0.00745. The molecule has 0 aliphatic rings. The topological polar surface area (TPSA) is 46.5 Å². The molecule has 0 atom stereocenters. The van der Waals surface area contributed by atoms with Crippen LogP contribution in [0.4, 0.5) is 0 Å². The monoisotopic (exact) mass is 682 g/mol. The first-order valence-electron chi connectivity index (χ1n) is 3.81. The molecule has 9 heteroatoms. The van der Waals surface area contributed by atoms with E-state index < -0.39 is 5.97 Å². The van der Waals surface area contributed by atoms with Crippen LogP contribution in [-0.4, -0.2) is 11.1 Å². The third kappa shape index (κ3) is 5.93. The van der Waals surface area contributed by atoms with E-state index in [0.717, 1.165) is 35.0 Å². The summed E-state index contributed by atoms with van der Waals surface area (Å²) in [6, 6.07) is 0. The molecule has 0 aromatic heterocycles. The van der Waals surface area contributed by atoms with Crippen LogP contribution in [0.2, 0.25) is 0 Å². The number of rotatable bonds is 1. The smallest absolute Gasteiger partial charge is 0.300 e. The van der Waals surface area contributed by atoms with Crippen molar-refractivity contribution in [3.8, 4) is 5.75 Å². The predicted molar refractivity (Wildman–Crippen MR) is 78.9 cm³/mol. The molecular weight excluding hydrogens is 683 g/mol. The van der Waals surface area contributed by atoms with E-state index in [2.05, 4.69) is 79.6 Å². The summed E-state index contributed by atoms with van der Waals surface area (Å²) in [5, 5.41) is 7.42. The molecule has 1 aromatic rings. The summed E-state index contributed by atoms with van der Waals surface area (Å²) in [6.45, 7) is 1.08. The van der Waals surface area contributed by atoms with Crippen LogP contribution in [0.25, 0.3) is 0 Å². The van der Waals surface area contributed by atoms with Crippen molar-refractivity contribution in [1.29, 1.82) is 0 Å². The molecule has 17 heavy (non-hydrogen) atoms. The number of carboxylic acids is 1. The van der Waals surface area contributed by atoms with Gasteiger partial charge in [-0.1, -0.05) is 0 Å². The third-order valence-electron chi connectivity index (χ3n) is 1.29. The van der Waals surface area contributed by atoms with Crippen molar-refractivity contribution in [3.05, 3.63) is 22.4 Å². The molecule has 0 aliphatic heterocycles. The van der Waals surface area contributed by atoms with Crippen LogP contribution < -0.4 is 1.70 Å². The molecule has 1 rings (SSSR count). The van der Waals surface area contributed by atoms with E-state index in [0.29, 0.717) is 34.3 Å². The molecular formula is C8H4Br5LaO3. The van der Waals surface area contributed by atoms with Crippen LogP contribution >= 0.6 is 79.6 Å². The van der Waals surface area contributed by atoms with Gasteiger partial charge < -0.3 is 5.11 Å². The Balaban J connectivity index is 0.000000557. The molecule has 0 saturated heterocycles. The van der Waals surface area contributed by atoms with Crippen LogP contribution in [0.1, 0.15) is 6.92 Å². The van der Waals surface area contributed by atoms with Gasteiger partial charge in [-0.05, 0) is 0 Å². The fourth-order valence-electron chi connectivity index (χ4n) is 0.688. The molecule has 1 aromatic carbocycles. The first-order chi connectivity index (χ1) is 7.73. The quantitative estimate of drug-likeness (QED) is 0.317. The van der Waals surface area contributed by atoms with Gasteiger partial charge in [-0.15, -0.1) is 0 Å². The number of halogens is 5. The van der Waals surface area contributed by atoms with E-state index in [1.54, 1.807) is 0 Å². The molecule has 0 saturated carbocycles. The van der Waals surface area contributed by atoms with E-state index in [4.69, 9.17) is 11.6 Å². The molecule has 0 amide bonds. The fourth-order valence-corrected chi connectivity index (χ4v) is 5.71. The Morgan fingerprint density at radius 2 is 1.24 bits per heavy atom. The second-order valence-corrected chi connectivity index (χ2v) is 7.24. The van der Waals surface area contributed by atoms with Gasteiger partial charge in [-0.2, -0.15) is 0 Å². The molecule has 3 nitrogen and oxygen atoms in total. The van der Waals surface area contributed by atoms with Gasteiger partial charge >= 0.3 is 144 Å². The second kappa shape index (κ2) is 9.10. The van der Waals surface area contributed by atoms with E-state index in [1.807, 2.05) is 0 Å². The van der Waals surface area contributed by atoms with Crippen molar-refractivity contribution in [3.63, 3.8) is 0 Å². The van der Waals surface area contributed by atoms with Gasteiger partial charge in [0, 0.05) is 6.92 Å². The largest absolute Gasteiger partial charge is 0.481 e. The average molecular weight is 687 g/mol. The Morgan fingerprint density at radius 3 is 1.47 bits per heavy atom. The normalized spacial score (nSPS) is 9.24. The first kappa shape index (κ1) is 19.1. The first-order valence-corrected chi connectivity index (χ1v) is 9.26. The molecule has 0 spiro atoms. The van der Waals surface area contributed by atoms with Gasteiger partial charge in [0.2, 0.25) is 0 Å². The maximum atomic E-state index is 9.00. The Hall–Kier alpha value is 2.08. The molecule has 92 valence electrons. The Bertz CT molecular complexity index is 405. The van der Waals surface area contributed by atoms with Crippen LogP contribution in [0.5, 0.6) is 5.75 Å². The minimum Gasteiger partial charge on any atom is -0.481 e. The SMILES string of the molecule is Brc1c(Br)c(Br)c([O][La])c(Br)c1Br.CC(=O)O. The molecule has 0 fully saturated rings. The number of hydrogen-bond acceptors (Lipinski definition) is 2.